The van der Waals surface area contributed by atoms with E-state index in [9.17, 15) is 4.39 Å². The lowest BCUT2D eigenvalue weighted by Gasteiger charge is -2.21. The van der Waals surface area contributed by atoms with E-state index in [1.165, 1.54) is 44.2 Å². The van der Waals surface area contributed by atoms with Crippen LogP contribution in [0.4, 0.5) is 10.1 Å². The van der Waals surface area contributed by atoms with Gasteiger partial charge in [-0.1, -0.05) is 45.0 Å². The van der Waals surface area contributed by atoms with Crippen molar-refractivity contribution >= 4 is 30.0 Å². The second-order valence-corrected chi connectivity index (χ2v) is 16.1. The van der Waals surface area contributed by atoms with Crippen molar-refractivity contribution in [1.82, 2.24) is 0 Å². The zero-order valence-corrected chi connectivity index (χ0v) is 16.6. The van der Waals surface area contributed by atoms with Crippen molar-refractivity contribution in [3.05, 3.63) is 30.1 Å². The lowest BCUT2D eigenvalue weighted by atomic mass is 9.90. The molecule has 0 amide bonds. The van der Waals surface area contributed by atoms with Crippen molar-refractivity contribution in [2.24, 2.45) is 10.9 Å². The van der Waals surface area contributed by atoms with E-state index in [4.69, 9.17) is 4.74 Å². The van der Waals surface area contributed by atoms with Crippen LogP contribution in [0.15, 0.2) is 29.3 Å². The molecule has 0 saturated heterocycles. The number of benzene rings is 1. The number of halogens is 1. The molecule has 1 aromatic rings. The largest absolute Gasteiger partial charge is 0.471 e. The first-order chi connectivity index (χ1) is 11.4. The molecule has 1 aromatic carbocycles. The number of hydrogen-bond donors (Lipinski definition) is 0. The van der Waals surface area contributed by atoms with Gasteiger partial charge in [0.25, 0.3) is 5.90 Å². The van der Waals surface area contributed by atoms with E-state index >= 15 is 0 Å². The minimum atomic E-state index is -1.31. The van der Waals surface area contributed by atoms with Gasteiger partial charge in [-0.25, -0.2) is 9.38 Å². The number of hydrogen-bond acceptors (Lipinski definition) is 3. The molecule has 0 N–H and O–H groups in total. The Morgan fingerprint density at radius 2 is 2.04 bits per heavy atom. The molecule has 0 spiro atoms. The summed E-state index contributed by atoms with van der Waals surface area (Å²) in [6.07, 6.45) is 6.31. The molecule has 1 fully saturated rings. The van der Waals surface area contributed by atoms with Gasteiger partial charge in [0.05, 0.1) is 12.3 Å². The van der Waals surface area contributed by atoms with Gasteiger partial charge in [0, 0.05) is 5.92 Å². The molecule has 5 heteroatoms. The Balaban J connectivity index is 2.07. The van der Waals surface area contributed by atoms with Gasteiger partial charge < -0.3 is 4.74 Å². The Hall–Kier alpha value is -1.25. The van der Waals surface area contributed by atoms with Crippen LogP contribution in [0.2, 0.25) is 19.6 Å². The highest BCUT2D eigenvalue weighted by Gasteiger charge is 2.15. The SMILES string of the molecule is C[Si](C)(C)SC#CC(=Nc1cccc(F)c1)OCC1CCCCC1. The number of nitrogens with zero attached hydrogens (tertiary/aromatic N) is 1. The summed E-state index contributed by atoms with van der Waals surface area (Å²) in [7, 11) is -1.31. The fraction of sp³-hybridized carbons (Fsp3) is 0.526. The van der Waals surface area contributed by atoms with E-state index in [0.717, 1.165) is 0 Å². The molecule has 0 unspecified atom stereocenters. The monoisotopic (exact) mass is 363 g/mol. The molecule has 0 aliphatic heterocycles. The Morgan fingerprint density at radius 1 is 1.29 bits per heavy atom. The summed E-state index contributed by atoms with van der Waals surface area (Å²) in [4.78, 5) is 4.41. The first-order valence-electron chi connectivity index (χ1n) is 8.58. The average molecular weight is 364 g/mol. The molecule has 1 aliphatic carbocycles. The van der Waals surface area contributed by atoms with E-state index in [1.807, 2.05) is 0 Å². The van der Waals surface area contributed by atoms with E-state index in [0.29, 0.717) is 24.1 Å². The van der Waals surface area contributed by atoms with Crippen molar-refractivity contribution in [2.75, 3.05) is 6.61 Å². The highest BCUT2D eigenvalue weighted by atomic mass is 32.4. The van der Waals surface area contributed by atoms with Crippen molar-refractivity contribution < 1.29 is 9.13 Å². The summed E-state index contributed by atoms with van der Waals surface area (Å²) in [5.41, 5.74) is 0.543. The summed E-state index contributed by atoms with van der Waals surface area (Å²) < 4.78 is 19.3. The minimum absolute atomic E-state index is 0.299. The highest BCUT2D eigenvalue weighted by Crippen LogP contribution is 2.24. The molecular weight excluding hydrogens is 337 g/mol. The molecule has 2 nitrogen and oxygen atoms in total. The standard InChI is InChI=1S/C19H26FNOSSi/c1-24(2,3)23-13-12-19(21-18-11-7-10-17(20)14-18)22-15-16-8-5-4-6-9-16/h7,10-11,14,16H,4-6,8-9,15H2,1-3H3. The van der Waals surface area contributed by atoms with Crippen molar-refractivity contribution in [1.29, 1.82) is 0 Å². The number of aliphatic imine (C=N–C) groups is 1. The fourth-order valence-electron chi connectivity index (χ4n) is 2.53. The van der Waals surface area contributed by atoms with E-state index < -0.39 is 7.22 Å². The third kappa shape index (κ3) is 7.54. The number of rotatable bonds is 4. The molecule has 130 valence electrons. The summed E-state index contributed by atoms with van der Waals surface area (Å²) in [6.45, 7) is 7.40. The topological polar surface area (TPSA) is 21.6 Å². The lowest BCUT2D eigenvalue weighted by molar-refractivity contribution is 0.202. The van der Waals surface area contributed by atoms with Crippen LogP contribution in [0.1, 0.15) is 32.1 Å². The maximum atomic E-state index is 13.4. The van der Waals surface area contributed by atoms with Crippen LogP contribution < -0.4 is 0 Å². The molecule has 2 rings (SSSR count). The highest BCUT2D eigenvalue weighted by molar-refractivity contribution is 8.32. The van der Waals surface area contributed by atoms with E-state index in [2.05, 4.69) is 35.8 Å². The van der Waals surface area contributed by atoms with Crippen LogP contribution in [-0.2, 0) is 4.74 Å². The summed E-state index contributed by atoms with van der Waals surface area (Å²) in [6, 6.07) is 6.23. The Morgan fingerprint density at radius 3 is 2.71 bits per heavy atom. The maximum absolute atomic E-state index is 13.4. The van der Waals surface area contributed by atoms with Gasteiger partial charge in [0.2, 0.25) is 0 Å². The van der Waals surface area contributed by atoms with Gasteiger partial charge in [0.1, 0.15) is 13.0 Å². The summed E-state index contributed by atoms with van der Waals surface area (Å²) >= 11 is 1.68. The van der Waals surface area contributed by atoms with Crippen molar-refractivity contribution in [3.63, 3.8) is 0 Å². The van der Waals surface area contributed by atoms with Gasteiger partial charge in [-0.05, 0) is 42.2 Å². The van der Waals surface area contributed by atoms with Crippen LogP contribution in [-0.4, -0.2) is 19.7 Å². The molecule has 0 radical (unpaired) electrons. The Labute approximate surface area is 149 Å². The number of ether oxygens (including phenoxy) is 1. The van der Waals surface area contributed by atoms with Crippen molar-refractivity contribution in [3.8, 4) is 11.2 Å². The average Bonchev–Trinajstić information content (AvgIpc) is 2.52. The van der Waals surface area contributed by atoms with Crippen LogP contribution in [0, 0.1) is 22.9 Å². The third-order valence-electron chi connectivity index (χ3n) is 3.73. The van der Waals surface area contributed by atoms with Gasteiger partial charge in [-0.2, -0.15) is 0 Å². The van der Waals surface area contributed by atoms with Crippen molar-refractivity contribution in [2.45, 2.75) is 51.7 Å². The first kappa shape index (κ1) is 19.1. The van der Waals surface area contributed by atoms with Crippen LogP contribution in [0.3, 0.4) is 0 Å². The first-order valence-corrected chi connectivity index (χ1v) is 13.6. The van der Waals surface area contributed by atoms with E-state index in [-0.39, 0.29) is 5.82 Å². The molecule has 24 heavy (non-hydrogen) atoms. The lowest BCUT2D eigenvalue weighted by Crippen LogP contribution is -2.16. The second-order valence-electron chi connectivity index (χ2n) is 7.15. The van der Waals surface area contributed by atoms with Gasteiger partial charge >= 0.3 is 0 Å². The van der Waals surface area contributed by atoms with Gasteiger partial charge in [-0.3, -0.25) is 0 Å². The predicted octanol–water partition coefficient (Wildman–Crippen LogP) is 5.98. The molecule has 1 aliphatic rings. The quantitative estimate of drug-likeness (QED) is 0.284. The second kappa shape index (κ2) is 9.29. The molecule has 0 atom stereocenters. The normalized spacial score (nSPS) is 16.4. The zero-order chi connectivity index (χ0) is 17.4. The maximum Gasteiger partial charge on any atom is 0.269 e. The fourth-order valence-corrected chi connectivity index (χ4v) is 4.05. The van der Waals surface area contributed by atoms with Crippen LogP contribution in [0.25, 0.3) is 0 Å². The van der Waals surface area contributed by atoms with Gasteiger partial charge in [0.15, 0.2) is 0 Å². The Bertz CT molecular complexity index is 624. The third-order valence-corrected chi connectivity index (χ3v) is 6.69. The predicted molar refractivity (Wildman–Crippen MR) is 105 cm³/mol. The molecule has 0 aromatic heterocycles. The molecule has 0 heterocycles. The summed E-state index contributed by atoms with van der Waals surface area (Å²) in [5, 5.41) is 3.13. The molecular formula is C19H26FNOSSi. The van der Waals surface area contributed by atoms with Crippen LogP contribution in [0.5, 0.6) is 0 Å². The summed E-state index contributed by atoms with van der Waals surface area (Å²) in [5.74, 6) is 3.72. The zero-order valence-electron chi connectivity index (χ0n) is 14.8. The molecule has 0 bridgehead atoms. The molecule has 1 saturated carbocycles. The van der Waals surface area contributed by atoms with E-state index in [1.54, 1.807) is 23.3 Å². The Kier molecular flexibility index (Phi) is 7.38. The minimum Gasteiger partial charge on any atom is -0.471 e. The smallest absolute Gasteiger partial charge is 0.269 e. The van der Waals surface area contributed by atoms with Crippen LogP contribution >= 0.6 is 11.2 Å². The van der Waals surface area contributed by atoms with Gasteiger partial charge in [-0.15, -0.1) is 11.2 Å².